The van der Waals surface area contributed by atoms with E-state index < -0.39 is 0 Å². The number of H-pyrrole nitrogens is 1. The number of allylic oxidation sites excluding steroid dienone is 1. The number of anilines is 1. The largest absolute Gasteiger partial charge is 0.493 e. The quantitative estimate of drug-likeness (QED) is 0.150. The minimum absolute atomic E-state index is 0.0317. The normalized spacial score (nSPS) is 11.4. The first-order chi connectivity index (χ1) is 20.4. The molecule has 0 saturated carbocycles. The van der Waals surface area contributed by atoms with Crippen molar-refractivity contribution in [1.82, 2.24) is 9.88 Å². The zero-order valence-corrected chi connectivity index (χ0v) is 24.1. The molecule has 0 fully saturated rings. The molecule has 7 nitrogen and oxygen atoms in total. The van der Waals surface area contributed by atoms with E-state index in [0.717, 1.165) is 58.9 Å². The van der Waals surface area contributed by atoms with Crippen molar-refractivity contribution >= 4 is 33.4 Å². The topological polar surface area (TPSA) is 83.7 Å². The molecule has 7 heteroatoms. The van der Waals surface area contributed by atoms with Crippen molar-refractivity contribution in [3.05, 3.63) is 124 Å². The van der Waals surface area contributed by atoms with E-state index in [2.05, 4.69) is 34.4 Å². The molecule has 0 aliphatic rings. The lowest BCUT2D eigenvalue weighted by Gasteiger charge is -2.16. The van der Waals surface area contributed by atoms with Gasteiger partial charge in [0.05, 0.1) is 26.2 Å². The number of hydrogen-bond donors (Lipinski definition) is 2. The minimum Gasteiger partial charge on any atom is -0.493 e. The van der Waals surface area contributed by atoms with Gasteiger partial charge in [0.1, 0.15) is 0 Å². The first-order valence-corrected chi connectivity index (χ1v) is 13.9. The van der Waals surface area contributed by atoms with Crippen LogP contribution in [0, 0.1) is 0 Å². The molecule has 2 N–H and O–H groups in total. The van der Waals surface area contributed by atoms with Crippen LogP contribution in [0.5, 0.6) is 11.5 Å². The number of carbonyl (C=O) groups is 1. The SMILES string of the molecule is COc1ccc(CN(C)CC=CCc2ccc(NC(=O)Cc3cccc4c(=O)c5ccccc5[nH]c34)cc2)cc1OC. The van der Waals surface area contributed by atoms with Crippen LogP contribution in [0.4, 0.5) is 5.69 Å². The Morgan fingerprint density at radius 3 is 2.38 bits per heavy atom. The number of nitrogens with zero attached hydrogens (tertiary/aromatic N) is 1. The van der Waals surface area contributed by atoms with Gasteiger partial charge < -0.3 is 19.8 Å². The van der Waals surface area contributed by atoms with Crippen molar-refractivity contribution < 1.29 is 14.3 Å². The highest BCUT2D eigenvalue weighted by Gasteiger charge is 2.12. The summed E-state index contributed by atoms with van der Waals surface area (Å²) < 4.78 is 10.7. The molecule has 0 aliphatic heterocycles. The third-order valence-corrected chi connectivity index (χ3v) is 7.25. The van der Waals surface area contributed by atoms with Crippen LogP contribution in [-0.2, 0) is 24.2 Å². The van der Waals surface area contributed by atoms with Crippen molar-refractivity contribution in [3.63, 3.8) is 0 Å². The molecule has 0 atom stereocenters. The predicted molar refractivity (Wildman–Crippen MR) is 170 cm³/mol. The standard InChI is InChI=1S/C35H35N3O4/c1-38(23-25-16-19-31(41-2)32(21-25)42-3)20-7-6-9-24-14-17-27(18-15-24)36-33(39)22-26-10-8-12-29-34(26)37-30-13-5-4-11-28(30)35(29)40/h4-8,10-19,21H,9,20,22-23H2,1-3H3,(H,36,39)(H,37,40). The Hall–Kier alpha value is -4.88. The number of aromatic nitrogens is 1. The fourth-order valence-electron chi connectivity index (χ4n) is 5.09. The molecule has 0 bridgehead atoms. The number of carbonyl (C=O) groups excluding carboxylic acids is 1. The molecule has 0 spiro atoms. The third-order valence-electron chi connectivity index (χ3n) is 7.25. The first-order valence-electron chi connectivity index (χ1n) is 13.9. The molecular formula is C35H35N3O4. The van der Waals surface area contributed by atoms with Gasteiger partial charge in [-0.25, -0.2) is 0 Å². The van der Waals surface area contributed by atoms with E-state index in [0.29, 0.717) is 16.3 Å². The van der Waals surface area contributed by atoms with Gasteiger partial charge >= 0.3 is 0 Å². The van der Waals surface area contributed by atoms with E-state index in [1.165, 1.54) is 0 Å². The fourth-order valence-corrected chi connectivity index (χ4v) is 5.09. The number of benzene rings is 4. The number of amides is 1. The Kier molecular flexibility index (Phi) is 8.99. The molecule has 42 heavy (non-hydrogen) atoms. The number of fused-ring (bicyclic) bond motifs is 2. The molecule has 0 saturated heterocycles. The molecule has 0 radical (unpaired) electrons. The highest BCUT2D eigenvalue weighted by molar-refractivity contribution is 5.98. The molecule has 1 aromatic heterocycles. The summed E-state index contributed by atoms with van der Waals surface area (Å²) in [5.74, 6) is 1.32. The van der Waals surface area contributed by atoms with Crippen molar-refractivity contribution in [3.8, 4) is 11.5 Å². The number of rotatable bonds is 11. The number of nitrogens with one attached hydrogen (secondary N) is 2. The molecule has 0 aliphatic carbocycles. The number of pyridine rings is 1. The second kappa shape index (κ2) is 13.2. The van der Waals surface area contributed by atoms with Gasteiger partial charge in [0.15, 0.2) is 16.9 Å². The molecule has 5 aromatic rings. The van der Waals surface area contributed by atoms with Crippen LogP contribution in [0.2, 0.25) is 0 Å². The Balaban J connectivity index is 1.14. The maximum absolute atomic E-state index is 13.0. The molecule has 1 amide bonds. The van der Waals surface area contributed by atoms with Gasteiger partial charge in [-0.15, -0.1) is 0 Å². The van der Waals surface area contributed by atoms with Crippen LogP contribution >= 0.6 is 0 Å². The monoisotopic (exact) mass is 561 g/mol. The lowest BCUT2D eigenvalue weighted by atomic mass is 10.0. The summed E-state index contributed by atoms with van der Waals surface area (Å²) in [6, 6.07) is 26.8. The zero-order valence-electron chi connectivity index (χ0n) is 24.1. The summed E-state index contributed by atoms with van der Waals surface area (Å²) >= 11 is 0. The summed E-state index contributed by atoms with van der Waals surface area (Å²) in [5.41, 5.74) is 5.27. The Bertz CT molecular complexity index is 1790. The van der Waals surface area contributed by atoms with Crippen LogP contribution < -0.4 is 20.2 Å². The van der Waals surface area contributed by atoms with Gasteiger partial charge in [0.25, 0.3) is 0 Å². The Labute approximate surface area is 245 Å². The van der Waals surface area contributed by atoms with E-state index >= 15 is 0 Å². The lowest BCUT2D eigenvalue weighted by Crippen LogP contribution is -2.17. The number of ether oxygens (including phenoxy) is 2. The number of methoxy groups -OCH3 is 2. The second-order valence-corrected chi connectivity index (χ2v) is 10.3. The van der Waals surface area contributed by atoms with Crippen LogP contribution in [0.25, 0.3) is 21.8 Å². The highest BCUT2D eigenvalue weighted by Crippen LogP contribution is 2.28. The van der Waals surface area contributed by atoms with Crippen LogP contribution in [0.3, 0.4) is 0 Å². The fraction of sp³-hybridized carbons (Fsp3) is 0.200. The van der Waals surface area contributed by atoms with Gasteiger partial charge in [-0.1, -0.05) is 54.6 Å². The maximum Gasteiger partial charge on any atom is 0.228 e. The first kappa shape index (κ1) is 28.6. The van der Waals surface area contributed by atoms with Crippen molar-refractivity contribution in [2.24, 2.45) is 0 Å². The van der Waals surface area contributed by atoms with E-state index in [-0.39, 0.29) is 17.8 Å². The van der Waals surface area contributed by atoms with Gasteiger partial charge in [-0.2, -0.15) is 0 Å². The van der Waals surface area contributed by atoms with Crippen LogP contribution in [0.1, 0.15) is 16.7 Å². The lowest BCUT2D eigenvalue weighted by molar-refractivity contribution is -0.115. The molecular weight excluding hydrogens is 526 g/mol. The van der Waals surface area contributed by atoms with Crippen molar-refractivity contribution in [1.29, 1.82) is 0 Å². The molecule has 4 aromatic carbocycles. The van der Waals surface area contributed by atoms with Crippen LogP contribution in [0.15, 0.2) is 102 Å². The number of likely N-dealkylation sites (N-methyl/N-ethyl adjacent to an activating group) is 1. The average Bonchev–Trinajstić information content (AvgIpc) is 3.00. The highest BCUT2D eigenvalue weighted by atomic mass is 16.5. The molecule has 0 unspecified atom stereocenters. The molecule has 214 valence electrons. The van der Waals surface area contributed by atoms with Gasteiger partial charge in [0.2, 0.25) is 5.91 Å². The van der Waals surface area contributed by atoms with E-state index in [1.807, 2.05) is 78.9 Å². The summed E-state index contributed by atoms with van der Waals surface area (Å²) in [4.78, 5) is 31.4. The minimum atomic E-state index is -0.137. The number of aromatic amines is 1. The Morgan fingerprint density at radius 1 is 0.857 bits per heavy atom. The second-order valence-electron chi connectivity index (χ2n) is 10.3. The van der Waals surface area contributed by atoms with Gasteiger partial charge in [-0.05, 0) is 72.6 Å². The van der Waals surface area contributed by atoms with Gasteiger partial charge in [0, 0.05) is 35.1 Å². The van der Waals surface area contributed by atoms with Crippen LogP contribution in [-0.4, -0.2) is 43.6 Å². The smallest absolute Gasteiger partial charge is 0.228 e. The predicted octanol–water partition coefficient (Wildman–Crippen LogP) is 6.11. The number of hydrogen-bond acceptors (Lipinski definition) is 5. The molecule has 5 rings (SSSR count). The maximum atomic E-state index is 13.0. The molecule has 1 heterocycles. The van der Waals surface area contributed by atoms with Gasteiger partial charge in [-0.3, -0.25) is 14.5 Å². The number of para-hydroxylation sites is 2. The third kappa shape index (κ3) is 6.70. The summed E-state index contributed by atoms with van der Waals surface area (Å²) in [7, 11) is 5.36. The summed E-state index contributed by atoms with van der Waals surface area (Å²) in [6.45, 7) is 1.61. The zero-order chi connectivity index (χ0) is 29.5. The summed E-state index contributed by atoms with van der Waals surface area (Å²) in [6.07, 6.45) is 5.28. The van der Waals surface area contributed by atoms with E-state index in [9.17, 15) is 9.59 Å². The van der Waals surface area contributed by atoms with Crippen molar-refractivity contribution in [2.45, 2.75) is 19.4 Å². The average molecular weight is 562 g/mol. The Morgan fingerprint density at radius 2 is 1.60 bits per heavy atom. The van der Waals surface area contributed by atoms with E-state index in [1.54, 1.807) is 20.3 Å². The summed E-state index contributed by atoms with van der Waals surface area (Å²) in [5, 5.41) is 4.21. The van der Waals surface area contributed by atoms with E-state index in [4.69, 9.17) is 9.47 Å². The van der Waals surface area contributed by atoms with Crippen molar-refractivity contribution in [2.75, 3.05) is 33.1 Å².